The Morgan fingerprint density at radius 1 is 1.04 bits per heavy atom. The maximum atomic E-state index is 12.8. The number of hydrogen-bond donors (Lipinski definition) is 0. The second kappa shape index (κ2) is 6.88. The molecular formula is C20H17NO4S. The minimum Gasteiger partial charge on any atom is -0.448 e. The highest BCUT2D eigenvalue weighted by Crippen LogP contribution is 2.33. The lowest BCUT2D eigenvalue weighted by atomic mass is 10.0. The first-order valence-electron chi connectivity index (χ1n) is 8.39. The van der Waals surface area contributed by atoms with E-state index in [4.69, 9.17) is 4.74 Å². The van der Waals surface area contributed by atoms with Crippen LogP contribution in [0.3, 0.4) is 0 Å². The van der Waals surface area contributed by atoms with Crippen LogP contribution >= 0.6 is 0 Å². The lowest BCUT2D eigenvalue weighted by Gasteiger charge is -2.43. The zero-order chi connectivity index (χ0) is 18.1. The lowest BCUT2D eigenvalue weighted by molar-refractivity contribution is -0.145. The molecule has 26 heavy (non-hydrogen) atoms. The summed E-state index contributed by atoms with van der Waals surface area (Å²) in [5.41, 5.74) is 1.89. The van der Waals surface area contributed by atoms with E-state index in [1.165, 1.54) is 0 Å². The van der Waals surface area contributed by atoms with E-state index in [9.17, 15) is 13.8 Å². The van der Waals surface area contributed by atoms with Crippen LogP contribution < -0.4 is 0 Å². The van der Waals surface area contributed by atoms with Crippen molar-refractivity contribution in [3.63, 3.8) is 0 Å². The van der Waals surface area contributed by atoms with Crippen molar-refractivity contribution in [1.82, 2.24) is 4.90 Å². The summed E-state index contributed by atoms with van der Waals surface area (Å²) in [5.74, 6) is -0.572. The molecule has 2 unspecified atom stereocenters. The summed E-state index contributed by atoms with van der Waals surface area (Å²) < 4.78 is 17.7. The molecule has 0 amide bonds. The Labute approximate surface area is 153 Å². The molecule has 0 N–H and O–H groups in total. The monoisotopic (exact) mass is 367 g/mol. The Balaban J connectivity index is 1.64. The van der Waals surface area contributed by atoms with Crippen molar-refractivity contribution < 1.29 is 18.5 Å². The third-order valence-corrected chi connectivity index (χ3v) is 6.11. The van der Waals surface area contributed by atoms with Gasteiger partial charge >= 0.3 is 5.97 Å². The molecule has 2 atom stereocenters. The van der Waals surface area contributed by atoms with Crippen molar-refractivity contribution in [3.8, 4) is 0 Å². The number of benzene rings is 2. The molecule has 1 saturated heterocycles. The molecule has 2 aromatic carbocycles. The third kappa shape index (κ3) is 2.97. The van der Waals surface area contributed by atoms with Crippen molar-refractivity contribution in [1.29, 1.82) is 0 Å². The van der Waals surface area contributed by atoms with Gasteiger partial charge < -0.3 is 9.64 Å². The standard InChI is InChI=1S/C20H17NO4S/c22-18-13-16(21-12-11-17(21)26(18)24)20(23)25-19(14-7-3-1-4-8-14)15-9-5-2-6-10-15/h1-10,13,17,19H,11-12H2. The van der Waals surface area contributed by atoms with E-state index in [0.29, 0.717) is 13.0 Å². The largest absolute Gasteiger partial charge is 0.448 e. The maximum Gasteiger partial charge on any atom is 0.355 e. The molecule has 6 heteroatoms. The smallest absolute Gasteiger partial charge is 0.355 e. The van der Waals surface area contributed by atoms with E-state index in [1.54, 1.807) is 4.90 Å². The van der Waals surface area contributed by atoms with Gasteiger partial charge in [-0.15, -0.1) is 0 Å². The first-order valence-corrected chi connectivity index (χ1v) is 9.60. The van der Waals surface area contributed by atoms with Crippen molar-refractivity contribution >= 4 is 21.9 Å². The van der Waals surface area contributed by atoms with E-state index < -0.39 is 33.4 Å². The van der Waals surface area contributed by atoms with Crippen molar-refractivity contribution in [2.24, 2.45) is 0 Å². The van der Waals surface area contributed by atoms with Crippen LogP contribution in [-0.2, 0) is 25.1 Å². The Morgan fingerprint density at radius 2 is 1.62 bits per heavy atom. The molecule has 5 nitrogen and oxygen atoms in total. The Morgan fingerprint density at radius 3 is 2.12 bits per heavy atom. The summed E-state index contributed by atoms with van der Waals surface area (Å²) in [6, 6.07) is 18.9. The van der Waals surface area contributed by atoms with Gasteiger partial charge in [0, 0.05) is 12.6 Å². The summed E-state index contributed by atoms with van der Waals surface area (Å²) in [7, 11) is -1.59. The van der Waals surface area contributed by atoms with Gasteiger partial charge in [-0.05, 0) is 17.5 Å². The van der Waals surface area contributed by atoms with Gasteiger partial charge in [0.05, 0.1) is 0 Å². The van der Waals surface area contributed by atoms with E-state index in [2.05, 4.69) is 0 Å². The first kappa shape index (κ1) is 16.7. The molecule has 4 rings (SSSR count). The van der Waals surface area contributed by atoms with Crippen LogP contribution in [0.25, 0.3) is 0 Å². The topological polar surface area (TPSA) is 63.7 Å². The van der Waals surface area contributed by atoms with Crippen LogP contribution in [0.1, 0.15) is 23.7 Å². The molecule has 0 bridgehead atoms. The van der Waals surface area contributed by atoms with Crippen LogP contribution in [0.15, 0.2) is 72.4 Å². The SMILES string of the molecule is O=C(OC(c1ccccc1)c1ccccc1)C1=CC(=O)S(=O)C2CCN12. The number of nitrogens with zero attached hydrogens (tertiary/aromatic N) is 1. The van der Waals surface area contributed by atoms with E-state index in [1.807, 2.05) is 60.7 Å². The number of rotatable bonds is 4. The predicted molar refractivity (Wildman–Crippen MR) is 97.2 cm³/mol. The third-order valence-electron chi connectivity index (χ3n) is 4.61. The average molecular weight is 367 g/mol. The number of carbonyl (C=O) groups is 2. The van der Waals surface area contributed by atoms with Gasteiger partial charge in [0.25, 0.3) is 0 Å². The molecule has 1 fully saturated rings. The van der Waals surface area contributed by atoms with Crippen LogP contribution in [0.4, 0.5) is 0 Å². The van der Waals surface area contributed by atoms with E-state index in [-0.39, 0.29) is 5.70 Å². The fourth-order valence-electron chi connectivity index (χ4n) is 3.18. The quantitative estimate of drug-likeness (QED) is 0.777. The second-order valence-corrected chi connectivity index (χ2v) is 7.73. The van der Waals surface area contributed by atoms with Gasteiger partial charge in [-0.3, -0.25) is 4.79 Å². The molecular weight excluding hydrogens is 350 g/mol. The number of esters is 1. The number of carbonyl (C=O) groups excluding carboxylic acids is 2. The highest BCUT2D eigenvalue weighted by Gasteiger charge is 2.44. The molecule has 0 saturated carbocycles. The molecule has 0 spiro atoms. The van der Waals surface area contributed by atoms with Crippen molar-refractivity contribution in [3.05, 3.63) is 83.6 Å². The molecule has 0 aliphatic carbocycles. The number of fused-ring (bicyclic) bond motifs is 1. The molecule has 2 aromatic rings. The van der Waals surface area contributed by atoms with Crippen LogP contribution in [0.2, 0.25) is 0 Å². The summed E-state index contributed by atoms with van der Waals surface area (Å²) in [6.07, 6.45) is 1.22. The first-order chi connectivity index (χ1) is 12.6. The molecule has 2 heterocycles. The van der Waals surface area contributed by atoms with Gasteiger partial charge in [-0.1, -0.05) is 60.7 Å². The lowest BCUT2D eigenvalue weighted by Crippen LogP contribution is -2.54. The Kier molecular flexibility index (Phi) is 4.42. The zero-order valence-corrected chi connectivity index (χ0v) is 14.7. The van der Waals surface area contributed by atoms with E-state index >= 15 is 0 Å². The van der Waals surface area contributed by atoms with Crippen molar-refractivity contribution in [2.75, 3.05) is 6.54 Å². The highest BCUT2D eigenvalue weighted by atomic mass is 32.2. The molecule has 2 aliphatic heterocycles. The van der Waals surface area contributed by atoms with Gasteiger partial charge in [0.1, 0.15) is 21.9 Å². The summed E-state index contributed by atoms with van der Waals surface area (Å²) in [6.45, 7) is 0.603. The average Bonchev–Trinajstić information content (AvgIpc) is 2.64. The molecule has 0 aromatic heterocycles. The fourth-order valence-corrected chi connectivity index (χ4v) is 4.44. The number of hydrogen-bond acceptors (Lipinski definition) is 5. The van der Waals surface area contributed by atoms with Gasteiger partial charge in [0.2, 0.25) is 5.12 Å². The van der Waals surface area contributed by atoms with Gasteiger partial charge in [-0.2, -0.15) is 0 Å². The van der Waals surface area contributed by atoms with Crippen LogP contribution in [-0.4, -0.2) is 32.1 Å². The van der Waals surface area contributed by atoms with Gasteiger partial charge in [-0.25, -0.2) is 9.00 Å². The molecule has 132 valence electrons. The fraction of sp³-hybridized carbons (Fsp3) is 0.200. The minimum absolute atomic E-state index is 0.197. The summed E-state index contributed by atoms with van der Waals surface area (Å²) >= 11 is 0. The molecule has 0 radical (unpaired) electrons. The molecule has 2 aliphatic rings. The van der Waals surface area contributed by atoms with Crippen LogP contribution in [0, 0.1) is 0 Å². The summed E-state index contributed by atoms with van der Waals surface area (Å²) in [5, 5.41) is -0.921. The minimum atomic E-state index is -1.59. The number of ether oxygens (including phenoxy) is 1. The second-order valence-electron chi connectivity index (χ2n) is 6.19. The predicted octanol–water partition coefficient (Wildman–Crippen LogP) is 2.52. The maximum absolute atomic E-state index is 12.8. The Hall–Kier alpha value is -2.73. The van der Waals surface area contributed by atoms with Crippen LogP contribution in [0.5, 0.6) is 0 Å². The van der Waals surface area contributed by atoms with Gasteiger partial charge in [0.15, 0.2) is 6.10 Å². The Bertz CT molecular complexity index is 855. The normalized spacial score (nSPS) is 21.7. The zero-order valence-electron chi connectivity index (χ0n) is 13.9. The highest BCUT2D eigenvalue weighted by molar-refractivity contribution is 8.01. The van der Waals surface area contributed by atoms with E-state index in [0.717, 1.165) is 17.2 Å². The summed E-state index contributed by atoms with van der Waals surface area (Å²) in [4.78, 5) is 26.4. The van der Waals surface area contributed by atoms with Crippen molar-refractivity contribution in [2.45, 2.75) is 17.9 Å².